The second-order valence-electron chi connectivity index (χ2n) is 4.89. The summed E-state index contributed by atoms with van der Waals surface area (Å²) in [7, 11) is 0. The smallest absolute Gasteiger partial charge is 0.0953 e. The molecule has 18 heavy (non-hydrogen) atoms. The maximum atomic E-state index is 6.27. The normalized spacial score (nSPS) is 18.1. The summed E-state index contributed by atoms with van der Waals surface area (Å²) in [5.74, 6) is 0. The Labute approximate surface area is 118 Å². The number of rotatable bonds is 6. The lowest BCUT2D eigenvalue weighted by molar-refractivity contribution is -0.00852. The molecular formula is C15H22BrNO. The van der Waals surface area contributed by atoms with Crippen molar-refractivity contribution in [1.29, 1.82) is 0 Å². The minimum Gasteiger partial charge on any atom is -0.369 e. The Morgan fingerprint density at radius 1 is 1.39 bits per heavy atom. The van der Waals surface area contributed by atoms with Gasteiger partial charge in [-0.1, -0.05) is 47.8 Å². The van der Waals surface area contributed by atoms with Gasteiger partial charge in [0.15, 0.2) is 0 Å². The van der Waals surface area contributed by atoms with E-state index < -0.39 is 0 Å². The molecular weight excluding hydrogens is 290 g/mol. The molecule has 0 spiro atoms. The first kappa shape index (κ1) is 14.0. The van der Waals surface area contributed by atoms with Gasteiger partial charge in [0.1, 0.15) is 0 Å². The Kier molecular flexibility index (Phi) is 5.67. The van der Waals surface area contributed by atoms with E-state index in [0.29, 0.717) is 6.10 Å². The molecule has 1 fully saturated rings. The molecule has 2 rings (SSSR count). The zero-order valence-corrected chi connectivity index (χ0v) is 12.6. The number of nitrogens with one attached hydrogen (secondary N) is 1. The molecule has 1 atom stereocenters. The first-order valence-corrected chi connectivity index (χ1v) is 7.70. The summed E-state index contributed by atoms with van der Waals surface area (Å²) in [6, 6.07) is 8.46. The Balaban J connectivity index is 2.03. The highest BCUT2D eigenvalue weighted by atomic mass is 79.9. The topological polar surface area (TPSA) is 21.3 Å². The van der Waals surface area contributed by atoms with Crippen molar-refractivity contribution < 1.29 is 4.74 Å². The van der Waals surface area contributed by atoms with Crippen LogP contribution in [0.2, 0.25) is 0 Å². The summed E-state index contributed by atoms with van der Waals surface area (Å²) in [6.45, 7) is 4.01. The third-order valence-corrected chi connectivity index (χ3v) is 3.95. The predicted molar refractivity (Wildman–Crippen MR) is 78.8 cm³/mol. The monoisotopic (exact) mass is 311 g/mol. The van der Waals surface area contributed by atoms with Crippen LogP contribution >= 0.6 is 15.9 Å². The second kappa shape index (κ2) is 7.27. The first-order valence-electron chi connectivity index (χ1n) is 6.91. The van der Waals surface area contributed by atoms with E-state index in [1.807, 2.05) is 0 Å². The molecule has 0 saturated heterocycles. The minimum atomic E-state index is 0.172. The average Bonchev–Trinajstić information content (AvgIpc) is 2.87. The van der Waals surface area contributed by atoms with Gasteiger partial charge >= 0.3 is 0 Å². The van der Waals surface area contributed by atoms with Gasteiger partial charge in [-0.3, -0.25) is 0 Å². The van der Waals surface area contributed by atoms with Crippen molar-refractivity contribution in [3.05, 3.63) is 34.3 Å². The van der Waals surface area contributed by atoms with E-state index in [1.54, 1.807) is 0 Å². The molecule has 0 aromatic heterocycles. The summed E-state index contributed by atoms with van der Waals surface area (Å²) < 4.78 is 7.39. The van der Waals surface area contributed by atoms with Gasteiger partial charge in [-0.05, 0) is 37.1 Å². The molecule has 0 radical (unpaired) electrons. The van der Waals surface area contributed by atoms with Gasteiger partial charge in [-0.2, -0.15) is 0 Å². The summed E-state index contributed by atoms with van der Waals surface area (Å²) in [6.07, 6.45) is 5.69. The van der Waals surface area contributed by atoms with E-state index in [0.717, 1.165) is 17.6 Å². The lowest BCUT2D eigenvalue weighted by Crippen LogP contribution is -2.25. The Morgan fingerprint density at radius 3 is 2.83 bits per heavy atom. The van der Waals surface area contributed by atoms with Crippen LogP contribution in [-0.2, 0) is 4.74 Å². The molecule has 0 aliphatic heterocycles. The third kappa shape index (κ3) is 4.08. The summed E-state index contributed by atoms with van der Waals surface area (Å²) in [5.41, 5.74) is 1.26. The maximum Gasteiger partial charge on any atom is 0.0953 e. The number of hydrogen-bond donors (Lipinski definition) is 1. The van der Waals surface area contributed by atoms with Crippen molar-refractivity contribution in [2.45, 2.75) is 44.8 Å². The zero-order chi connectivity index (χ0) is 12.8. The van der Waals surface area contributed by atoms with Gasteiger partial charge in [-0.25, -0.2) is 0 Å². The van der Waals surface area contributed by atoms with Crippen LogP contribution in [0.1, 0.15) is 44.3 Å². The molecule has 0 heterocycles. The van der Waals surface area contributed by atoms with E-state index in [9.17, 15) is 0 Å². The fourth-order valence-corrected chi connectivity index (χ4v) is 2.90. The number of halogens is 1. The summed E-state index contributed by atoms with van der Waals surface area (Å²) >= 11 is 3.54. The molecule has 1 aliphatic carbocycles. The van der Waals surface area contributed by atoms with Crippen molar-refractivity contribution in [1.82, 2.24) is 5.32 Å². The van der Waals surface area contributed by atoms with Crippen LogP contribution in [0.3, 0.4) is 0 Å². The number of hydrogen-bond acceptors (Lipinski definition) is 2. The molecule has 3 heteroatoms. The fraction of sp³-hybridized carbons (Fsp3) is 0.600. The molecule has 1 aliphatic rings. The van der Waals surface area contributed by atoms with Crippen molar-refractivity contribution in [3.8, 4) is 0 Å². The van der Waals surface area contributed by atoms with Crippen LogP contribution in [0.4, 0.5) is 0 Å². The van der Waals surface area contributed by atoms with Gasteiger partial charge in [0.2, 0.25) is 0 Å². The van der Waals surface area contributed by atoms with E-state index in [1.165, 1.54) is 31.2 Å². The molecule has 100 valence electrons. The highest BCUT2D eigenvalue weighted by molar-refractivity contribution is 9.10. The van der Waals surface area contributed by atoms with Gasteiger partial charge in [0.05, 0.1) is 12.2 Å². The quantitative estimate of drug-likeness (QED) is 0.855. The van der Waals surface area contributed by atoms with E-state index in [2.05, 4.69) is 52.4 Å². The molecule has 1 aromatic carbocycles. The molecule has 1 saturated carbocycles. The standard InChI is InChI=1S/C15H22BrNO/c1-2-17-11-15(18-14-8-3-4-9-14)12-6-5-7-13(16)10-12/h5-7,10,14-15,17H,2-4,8-9,11H2,1H3. The van der Waals surface area contributed by atoms with Crippen LogP contribution < -0.4 is 5.32 Å². The predicted octanol–water partition coefficient (Wildman–Crippen LogP) is 4.06. The lowest BCUT2D eigenvalue weighted by Gasteiger charge is -2.23. The van der Waals surface area contributed by atoms with Crippen molar-refractivity contribution in [2.75, 3.05) is 13.1 Å². The highest BCUT2D eigenvalue weighted by Gasteiger charge is 2.21. The average molecular weight is 312 g/mol. The van der Waals surface area contributed by atoms with Crippen molar-refractivity contribution >= 4 is 15.9 Å². The van der Waals surface area contributed by atoms with Gasteiger partial charge in [0.25, 0.3) is 0 Å². The van der Waals surface area contributed by atoms with Gasteiger partial charge in [-0.15, -0.1) is 0 Å². The zero-order valence-electron chi connectivity index (χ0n) is 11.0. The van der Waals surface area contributed by atoms with E-state index in [4.69, 9.17) is 4.74 Å². The molecule has 1 aromatic rings. The fourth-order valence-electron chi connectivity index (χ4n) is 2.48. The van der Waals surface area contributed by atoms with E-state index in [-0.39, 0.29) is 6.10 Å². The Morgan fingerprint density at radius 2 is 2.17 bits per heavy atom. The molecule has 1 unspecified atom stereocenters. The number of ether oxygens (including phenoxy) is 1. The van der Waals surface area contributed by atoms with E-state index >= 15 is 0 Å². The van der Waals surface area contributed by atoms with Gasteiger partial charge < -0.3 is 10.1 Å². The van der Waals surface area contributed by atoms with Crippen molar-refractivity contribution in [2.24, 2.45) is 0 Å². The van der Waals surface area contributed by atoms with Crippen LogP contribution in [-0.4, -0.2) is 19.2 Å². The second-order valence-corrected chi connectivity index (χ2v) is 5.81. The minimum absolute atomic E-state index is 0.172. The summed E-state index contributed by atoms with van der Waals surface area (Å²) in [4.78, 5) is 0. The maximum absolute atomic E-state index is 6.27. The SMILES string of the molecule is CCNCC(OC1CCCC1)c1cccc(Br)c1. The molecule has 2 nitrogen and oxygen atoms in total. The van der Waals surface area contributed by atoms with Gasteiger partial charge in [0, 0.05) is 11.0 Å². The number of likely N-dealkylation sites (N-methyl/N-ethyl adjacent to an activating group) is 1. The van der Waals surface area contributed by atoms with Crippen LogP contribution in [0, 0.1) is 0 Å². The first-order chi connectivity index (χ1) is 8.79. The van der Waals surface area contributed by atoms with Crippen LogP contribution in [0.5, 0.6) is 0 Å². The van der Waals surface area contributed by atoms with Crippen LogP contribution in [0.15, 0.2) is 28.7 Å². The summed E-state index contributed by atoms with van der Waals surface area (Å²) in [5, 5.41) is 3.40. The Bertz CT molecular complexity index is 363. The highest BCUT2D eigenvalue weighted by Crippen LogP contribution is 2.28. The lowest BCUT2D eigenvalue weighted by atomic mass is 10.1. The Hall–Kier alpha value is -0.380. The third-order valence-electron chi connectivity index (χ3n) is 3.46. The largest absolute Gasteiger partial charge is 0.369 e. The van der Waals surface area contributed by atoms with Crippen molar-refractivity contribution in [3.63, 3.8) is 0 Å². The molecule has 0 amide bonds. The molecule has 0 bridgehead atoms. The molecule has 1 N–H and O–H groups in total. The number of benzene rings is 1. The van der Waals surface area contributed by atoms with Crippen LogP contribution in [0.25, 0.3) is 0 Å².